The summed E-state index contributed by atoms with van der Waals surface area (Å²) >= 11 is 0. The molecule has 0 fully saturated rings. The Bertz CT molecular complexity index is 909. The third kappa shape index (κ3) is 4.67. The second-order valence-corrected chi connectivity index (χ2v) is 8.37. The highest BCUT2D eigenvalue weighted by atomic mass is 32.2. The summed E-state index contributed by atoms with van der Waals surface area (Å²) in [5, 5.41) is 3.00. The first-order valence-electron chi connectivity index (χ1n) is 9.76. The highest BCUT2D eigenvalue weighted by molar-refractivity contribution is 7.84. The van der Waals surface area contributed by atoms with Crippen molar-refractivity contribution in [1.82, 2.24) is 5.32 Å². The van der Waals surface area contributed by atoms with Gasteiger partial charge in [-0.05, 0) is 49.2 Å². The molecule has 2 amide bonds. The number of benzene rings is 2. The van der Waals surface area contributed by atoms with Gasteiger partial charge in [-0.2, -0.15) is 0 Å². The van der Waals surface area contributed by atoms with E-state index in [2.05, 4.69) is 5.32 Å². The van der Waals surface area contributed by atoms with Gasteiger partial charge in [-0.1, -0.05) is 26.0 Å². The fourth-order valence-electron chi connectivity index (χ4n) is 3.30. The monoisotopic (exact) mass is 414 g/mol. The van der Waals surface area contributed by atoms with Crippen LogP contribution >= 0.6 is 0 Å². The van der Waals surface area contributed by atoms with E-state index in [1.807, 2.05) is 26.0 Å². The number of nitrogens with zero attached hydrogens (tertiary/aromatic N) is 1. The summed E-state index contributed by atoms with van der Waals surface area (Å²) in [6, 6.07) is 14.0. The number of fused-ring (bicyclic) bond motifs is 1. The first kappa shape index (κ1) is 21.0. The van der Waals surface area contributed by atoms with Crippen molar-refractivity contribution in [3.63, 3.8) is 0 Å². The largest absolute Gasteiger partial charge is 0.477 e. The maximum absolute atomic E-state index is 13.2. The summed E-state index contributed by atoms with van der Waals surface area (Å²) in [6.45, 7) is 4.17. The standard InChI is InChI=1S/C22H26N2O4S/c1-4-16(5-2)23-21(25)20-14-24(18-8-6-7-9-19(18)28-20)22(26)15-10-12-17(13-11-15)29(3)27/h6-13,16,20H,4-5,14H2,1-3H3,(H,23,25). The molecule has 6 nitrogen and oxygen atoms in total. The van der Waals surface area contributed by atoms with Crippen LogP contribution in [0.25, 0.3) is 0 Å². The fraction of sp³-hybridized carbons (Fsp3) is 0.364. The van der Waals surface area contributed by atoms with Crippen molar-refractivity contribution in [2.24, 2.45) is 0 Å². The lowest BCUT2D eigenvalue weighted by Gasteiger charge is -2.34. The Balaban J connectivity index is 1.87. The van der Waals surface area contributed by atoms with E-state index < -0.39 is 16.9 Å². The first-order valence-corrected chi connectivity index (χ1v) is 11.3. The molecule has 0 spiro atoms. The Kier molecular flexibility index (Phi) is 6.69. The molecule has 0 bridgehead atoms. The minimum atomic E-state index is -1.11. The third-order valence-corrected chi connectivity index (χ3v) is 6.01. The van der Waals surface area contributed by atoms with E-state index >= 15 is 0 Å². The Morgan fingerprint density at radius 1 is 1.14 bits per heavy atom. The first-order chi connectivity index (χ1) is 13.9. The molecule has 2 aromatic carbocycles. The zero-order chi connectivity index (χ0) is 21.0. The molecule has 1 aliphatic heterocycles. The molecule has 1 heterocycles. The minimum absolute atomic E-state index is 0.0786. The van der Waals surface area contributed by atoms with E-state index in [0.717, 1.165) is 12.8 Å². The van der Waals surface area contributed by atoms with Gasteiger partial charge < -0.3 is 15.0 Å². The van der Waals surface area contributed by atoms with Crippen molar-refractivity contribution in [3.8, 4) is 5.75 Å². The van der Waals surface area contributed by atoms with Crippen LogP contribution in [0.15, 0.2) is 53.4 Å². The van der Waals surface area contributed by atoms with Crippen molar-refractivity contribution in [1.29, 1.82) is 0 Å². The lowest BCUT2D eigenvalue weighted by Crippen LogP contribution is -2.52. The Hall–Kier alpha value is -2.67. The quantitative estimate of drug-likeness (QED) is 0.788. The van der Waals surface area contributed by atoms with E-state index in [-0.39, 0.29) is 24.4 Å². The molecule has 154 valence electrons. The van der Waals surface area contributed by atoms with Crippen LogP contribution in [0.5, 0.6) is 5.75 Å². The molecule has 0 saturated carbocycles. The van der Waals surface area contributed by atoms with Gasteiger partial charge in [-0.15, -0.1) is 0 Å². The van der Waals surface area contributed by atoms with Gasteiger partial charge in [0.25, 0.3) is 11.8 Å². The van der Waals surface area contributed by atoms with E-state index in [0.29, 0.717) is 21.9 Å². The lowest BCUT2D eigenvalue weighted by molar-refractivity contribution is -0.128. The Morgan fingerprint density at radius 2 is 1.79 bits per heavy atom. The molecule has 0 radical (unpaired) electrons. The van der Waals surface area contributed by atoms with Crippen LogP contribution < -0.4 is 15.0 Å². The molecule has 0 aromatic heterocycles. The van der Waals surface area contributed by atoms with Crippen LogP contribution in [0.4, 0.5) is 5.69 Å². The number of carbonyl (C=O) groups is 2. The van der Waals surface area contributed by atoms with Gasteiger partial charge in [-0.3, -0.25) is 13.8 Å². The van der Waals surface area contributed by atoms with Crippen LogP contribution in [0.1, 0.15) is 37.0 Å². The van der Waals surface area contributed by atoms with Gasteiger partial charge in [0, 0.05) is 33.6 Å². The maximum atomic E-state index is 13.2. The molecule has 0 saturated heterocycles. The van der Waals surface area contributed by atoms with Crippen LogP contribution in [0, 0.1) is 0 Å². The minimum Gasteiger partial charge on any atom is -0.477 e. The van der Waals surface area contributed by atoms with Gasteiger partial charge in [0.1, 0.15) is 5.75 Å². The number of hydrogen-bond acceptors (Lipinski definition) is 4. The zero-order valence-electron chi connectivity index (χ0n) is 16.9. The van der Waals surface area contributed by atoms with Crippen LogP contribution in [-0.2, 0) is 15.6 Å². The van der Waals surface area contributed by atoms with Crippen molar-refractivity contribution in [3.05, 3.63) is 54.1 Å². The number of hydrogen-bond donors (Lipinski definition) is 1. The molecular formula is C22H26N2O4S. The normalized spacial score (nSPS) is 16.7. The van der Waals surface area contributed by atoms with Crippen molar-refractivity contribution in [2.45, 2.75) is 43.7 Å². The fourth-order valence-corrected chi connectivity index (χ4v) is 3.81. The highest BCUT2D eigenvalue weighted by Gasteiger charge is 2.34. The topological polar surface area (TPSA) is 75.7 Å². The molecular weight excluding hydrogens is 388 g/mol. The average molecular weight is 415 g/mol. The Labute approximate surface area is 173 Å². The third-order valence-electron chi connectivity index (χ3n) is 5.08. The molecule has 2 atom stereocenters. The van der Waals surface area contributed by atoms with Gasteiger partial charge in [0.2, 0.25) is 0 Å². The number of anilines is 1. The molecule has 2 aromatic rings. The van der Waals surface area contributed by atoms with Gasteiger partial charge in [-0.25, -0.2) is 0 Å². The van der Waals surface area contributed by atoms with Crippen molar-refractivity contribution < 1.29 is 18.5 Å². The average Bonchev–Trinajstić information content (AvgIpc) is 2.76. The maximum Gasteiger partial charge on any atom is 0.263 e. The predicted octanol–water partition coefficient (Wildman–Crippen LogP) is 3.14. The number of amides is 2. The van der Waals surface area contributed by atoms with E-state index in [1.54, 1.807) is 47.6 Å². The summed E-state index contributed by atoms with van der Waals surface area (Å²) in [6.07, 6.45) is 2.48. The molecule has 3 rings (SSSR count). The smallest absolute Gasteiger partial charge is 0.263 e. The number of rotatable bonds is 6. The number of carbonyl (C=O) groups excluding carboxylic acids is 2. The zero-order valence-corrected chi connectivity index (χ0v) is 17.7. The highest BCUT2D eigenvalue weighted by Crippen LogP contribution is 2.34. The molecule has 1 aliphatic rings. The summed E-state index contributed by atoms with van der Waals surface area (Å²) in [5.74, 6) is 0.0559. The molecule has 0 aliphatic carbocycles. The Morgan fingerprint density at radius 3 is 2.41 bits per heavy atom. The van der Waals surface area contributed by atoms with Crippen molar-refractivity contribution >= 4 is 28.3 Å². The summed E-state index contributed by atoms with van der Waals surface area (Å²) in [4.78, 5) is 28.2. The second-order valence-electron chi connectivity index (χ2n) is 6.99. The van der Waals surface area contributed by atoms with Crippen LogP contribution in [-0.4, -0.2) is 41.0 Å². The summed E-state index contributed by atoms with van der Waals surface area (Å²) < 4.78 is 17.5. The van der Waals surface area contributed by atoms with Gasteiger partial charge in [0.05, 0.1) is 12.2 Å². The SMILES string of the molecule is CCC(CC)NC(=O)C1CN(C(=O)c2ccc(S(C)=O)cc2)c2ccccc2O1. The second kappa shape index (κ2) is 9.22. The molecule has 1 N–H and O–H groups in total. The number of ether oxygens (including phenoxy) is 1. The summed E-state index contributed by atoms with van der Waals surface area (Å²) in [7, 11) is -1.11. The van der Waals surface area contributed by atoms with Crippen LogP contribution in [0.2, 0.25) is 0 Å². The summed E-state index contributed by atoms with van der Waals surface area (Å²) in [5.41, 5.74) is 1.10. The number of para-hydroxylation sites is 2. The van der Waals surface area contributed by atoms with Gasteiger partial charge in [0.15, 0.2) is 6.10 Å². The van der Waals surface area contributed by atoms with E-state index in [4.69, 9.17) is 4.74 Å². The van der Waals surface area contributed by atoms with Crippen LogP contribution in [0.3, 0.4) is 0 Å². The number of nitrogens with one attached hydrogen (secondary N) is 1. The van der Waals surface area contributed by atoms with Crippen molar-refractivity contribution in [2.75, 3.05) is 17.7 Å². The molecule has 2 unspecified atom stereocenters. The lowest BCUT2D eigenvalue weighted by atomic mass is 10.1. The molecule has 29 heavy (non-hydrogen) atoms. The van der Waals surface area contributed by atoms with Gasteiger partial charge >= 0.3 is 0 Å². The predicted molar refractivity (Wildman–Crippen MR) is 114 cm³/mol. The van der Waals surface area contributed by atoms with E-state index in [9.17, 15) is 13.8 Å². The molecule has 7 heteroatoms. The van der Waals surface area contributed by atoms with E-state index in [1.165, 1.54) is 0 Å².